The second kappa shape index (κ2) is 6.30. The molecule has 0 aliphatic heterocycles. The van der Waals surface area contributed by atoms with E-state index in [0.29, 0.717) is 14.1 Å². The number of ketones is 1. The average molecular weight is 341 g/mol. The molecule has 2 aromatic rings. The van der Waals surface area contributed by atoms with Crippen LogP contribution in [0, 0.1) is 0 Å². The summed E-state index contributed by atoms with van der Waals surface area (Å²) in [5.74, 6) is -0.632. The van der Waals surface area contributed by atoms with Gasteiger partial charge in [0.05, 0.1) is 9.21 Å². The molecule has 0 atom stereocenters. The van der Waals surface area contributed by atoms with Crippen molar-refractivity contribution in [2.45, 2.75) is 25.7 Å². The molecule has 0 saturated carbocycles. The van der Waals surface area contributed by atoms with E-state index in [2.05, 4.69) is 0 Å². The van der Waals surface area contributed by atoms with Crippen molar-refractivity contribution in [3.8, 4) is 0 Å². The first-order valence-electron chi connectivity index (χ1n) is 6.71. The number of carbonyl (C=O) groups excluding carboxylic acids is 2. The third-order valence-electron chi connectivity index (χ3n) is 3.38. The molecule has 0 N–H and O–H groups in total. The second-order valence-electron chi connectivity index (χ2n) is 4.87. The van der Waals surface area contributed by atoms with Crippen LogP contribution in [0.1, 0.15) is 42.6 Å². The van der Waals surface area contributed by atoms with Gasteiger partial charge in [0.1, 0.15) is 4.88 Å². The molecule has 1 aliphatic carbocycles. The van der Waals surface area contributed by atoms with Gasteiger partial charge < -0.3 is 4.74 Å². The van der Waals surface area contributed by atoms with Crippen LogP contribution < -0.4 is 0 Å². The Hall–Kier alpha value is -1.17. The van der Waals surface area contributed by atoms with Gasteiger partial charge in [-0.05, 0) is 49.4 Å². The Morgan fingerprint density at radius 2 is 1.95 bits per heavy atom. The monoisotopic (exact) mass is 340 g/mol. The summed E-state index contributed by atoms with van der Waals surface area (Å²) in [6, 6.07) is 5.22. The van der Waals surface area contributed by atoms with Gasteiger partial charge in [0.2, 0.25) is 5.78 Å². The molecule has 2 heterocycles. The van der Waals surface area contributed by atoms with Crippen molar-refractivity contribution in [3.63, 3.8) is 0 Å². The van der Waals surface area contributed by atoms with Crippen LogP contribution in [0.2, 0.25) is 4.34 Å². The van der Waals surface area contributed by atoms with Crippen LogP contribution in [0.15, 0.2) is 18.2 Å². The predicted octanol–water partition coefficient (Wildman–Crippen LogP) is 4.38. The third kappa shape index (κ3) is 3.36. The van der Waals surface area contributed by atoms with Crippen LogP contribution in [0.3, 0.4) is 0 Å². The maximum atomic E-state index is 12.0. The van der Waals surface area contributed by atoms with Crippen molar-refractivity contribution < 1.29 is 14.3 Å². The fourth-order valence-corrected chi connectivity index (χ4v) is 4.44. The third-order valence-corrected chi connectivity index (χ3v) is 5.87. The van der Waals surface area contributed by atoms with Crippen LogP contribution in [0.5, 0.6) is 0 Å². The fourth-order valence-electron chi connectivity index (χ4n) is 2.33. The summed E-state index contributed by atoms with van der Waals surface area (Å²) >= 11 is 8.46. The van der Waals surface area contributed by atoms with Crippen molar-refractivity contribution in [3.05, 3.63) is 42.7 Å². The van der Waals surface area contributed by atoms with Crippen molar-refractivity contribution in [1.82, 2.24) is 0 Å². The maximum absolute atomic E-state index is 12.0. The standard InChI is InChI=1S/C15H13ClO3S2/c16-14-6-5-12(21-14)10(17)8-19-15(18)13-7-9-3-1-2-4-11(9)20-13/h5-7H,1-4,8H2. The number of esters is 1. The summed E-state index contributed by atoms with van der Waals surface area (Å²) in [4.78, 5) is 26.3. The highest BCUT2D eigenvalue weighted by Gasteiger charge is 2.19. The lowest BCUT2D eigenvalue weighted by Crippen LogP contribution is -2.12. The predicted molar refractivity (Wildman–Crippen MR) is 84.9 cm³/mol. The molecular weight excluding hydrogens is 328 g/mol. The number of carbonyl (C=O) groups is 2. The van der Waals surface area contributed by atoms with Gasteiger partial charge in [0.25, 0.3) is 0 Å². The quantitative estimate of drug-likeness (QED) is 0.612. The van der Waals surface area contributed by atoms with Gasteiger partial charge in [-0.2, -0.15) is 0 Å². The summed E-state index contributed by atoms with van der Waals surface area (Å²) in [6.07, 6.45) is 4.43. The summed E-state index contributed by atoms with van der Waals surface area (Å²) in [7, 11) is 0. The number of aryl methyl sites for hydroxylation is 2. The molecule has 1 aliphatic rings. The first-order valence-corrected chi connectivity index (χ1v) is 8.72. The zero-order valence-electron chi connectivity index (χ0n) is 11.2. The number of halogens is 1. The van der Waals surface area contributed by atoms with Crippen molar-refractivity contribution in [2.75, 3.05) is 6.61 Å². The first-order chi connectivity index (χ1) is 10.1. The van der Waals surface area contributed by atoms with Gasteiger partial charge in [-0.25, -0.2) is 4.79 Å². The topological polar surface area (TPSA) is 43.4 Å². The second-order valence-corrected chi connectivity index (χ2v) is 7.72. The van der Waals surface area contributed by atoms with E-state index in [1.165, 1.54) is 46.0 Å². The van der Waals surface area contributed by atoms with E-state index in [-0.39, 0.29) is 12.4 Å². The molecule has 0 radical (unpaired) electrons. The van der Waals surface area contributed by atoms with Crippen LogP contribution in [-0.2, 0) is 17.6 Å². The highest BCUT2D eigenvalue weighted by molar-refractivity contribution is 7.18. The summed E-state index contributed by atoms with van der Waals surface area (Å²) in [6.45, 7) is -0.238. The van der Waals surface area contributed by atoms with Crippen LogP contribution in [0.4, 0.5) is 0 Å². The summed E-state index contributed by atoms with van der Waals surface area (Å²) in [5.41, 5.74) is 1.26. The maximum Gasteiger partial charge on any atom is 0.348 e. The van der Waals surface area contributed by atoms with Crippen molar-refractivity contribution in [1.29, 1.82) is 0 Å². The van der Waals surface area contributed by atoms with Gasteiger partial charge in [-0.15, -0.1) is 22.7 Å². The average Bonchev–Trinajstić information content (AvgIpc) is 3.10. The Labute approximate surface area is 135 Å². The molecule has 0 aromatic carbocycles. The van der Waals surface area contributed by atoms with E-state index in [1.807, 2.05) is 6.07 Å². The number of thiophene rings is 2. The summed E-state index contributed by atoms with van der Waals surface area (Å²) in [5, 5.41) is 0. The number of hydrogen-bond donors (Lipinski definition) is 0. The molecule has 3 nitrogen and oxygen atoms in total. The molecule has 6 heteroatoms. The smallest absolute Gasteiger partial charge is 0.348 e. The lowest BCUT2D eigenvalue weighted by Gasteiger charge is -2.08. The zero-order valence-corrected chi connectivity index (χ0v) is 13.6. The number of hydrogen-bond acceptors (Lipinski definition) is 5. The van der Waals surface area contributed by atoms with Crippen molar-refractivity contribution >= 4 is 46.0 Å². The zero-order chi connectivity index (χ0) is 14.8. The Bertz CT molecular complexity index is 663. The molecule has 0 bridgehead atoms. The highest BCUT2D eigenvalue weighted by Crippen LogP contribution is 2.30. The largest absolute Gasteiger partial charge is 0.453 e. The Kier molecular flexibility index (Phi) is 4.42. The number of rotatable bonds is 4. The van der Waals surface area contributed by atoms with Crippen LogP contribution in [-0.4, -0.2) is 18.4 Å². The van der Waals surface area contributed by atoms with Gasteiger partial charge in [-0.1, -0.05) is 11.6 Å². The van der Waals surface area contributed by atoms with Gasteiger partial charge in [0.15, 0.2) is 6.61 Å². The molecule has 0 fully saturated rings. The number of ether oxygens (including phenoxy) is 1. The minimum atomic E-state index is -0.412. The minimum absolute atomic E-state index is 0.221. The molecule has 2 aromatic heterocycles. The molecule has 0 spiro atoms. The molecule has 0 saturated heterocycles. The van der Waals surface area contributed by atoms with E-state index in [9.17, 15) is 9.59 Å². The minimum Gasteiger partial charge on any atom is -0.453 e. The Morgan fingerprint density at radius 1 is 1.14 bits per heavy atom. The van der Waals surface area contributed by atoms with Crippen LogP contribution >= 0.6 is 34.3 Å². The molecule has 110 valence electrons. The molecule has 3 rings (SSSR count). The van der Waals surface area contributed by atoms with E-state index in [4.69, 9.17) is 16.3 Å². The summed E-state index contributed by atoms with van der Waals surface area (Å²) < 4.78 is 5.67. The SMILES string of the molecule is O=C(COC(=O)c1cc2c(s1)CCCC2)c1ccc(Cl)s1. The van der Waals surface area contributed by atoms with E-state index < -0.39 is 5.97 Å². The Morgan fingerprint density at radius 3 is 2.67 bits per heavy atom. The normalized spacial score (nSPS) is 13.8. The lowest BCUT2D eigenvalue weighted by atomic mass is 9.99. The number of Topliss-reactive ketones (excluding diaryl/α,β-unsaturated/α-hetero) is 1. The van der Waals surface area contributed by atoms with Gasteiger partial charge >= 0.3 is 5.97 Å². The lowest BCUT2D eigenvalue weighted by molar-refractivity contribution is 0.0480. The molecule has 21 heavy (non-hydrogen) atoms. The van der Waals surface area contributed by atoms with E-state index in [0.717, 1.165) is 12.8 Å². The van der Waals surface area contributed by atoms with Gasteiger partial charge in [-0.3, -0.25) is 4.79 Å². The Balaban J connectivity index is 1.61. The van der Waals surface area contributed by atoms with E-state index >= 15 is 0 Å². The van der Waals surface area contributed by atoms with E-state index in [1.54, 1.807) is 12.1 Å². The molecule has 0 unspecified atom stereocenters. The van der Waals surface area contributed by atoms with Crippen LogP contribution in [0.25, 0.3) is 0 Å². The molecular formula is C15H13ClO3S2. The first kappa shape index (κ1) is 14.8. The van der Waals surface area contributed by atoms with Crippen molar-refractivity contribution in [2.24, 2.45) is 0 Å². The highest BCUT2D eigenvalue weighted by atomic mass is 35.5. The fraction of sp³-hybridized carbons (Fsp3) is 0.333. The van der Waals surface area contributed by atoms with Gasteiger partial charge in [0, 0.05) is 4.88 Å². The molecule has 0 amide bonds. The number of fused-ring (bicyclic) bond motifs is 1.